The summed E-state index contributed by atoms with van der Waals surface area (Å²) in [6.45, 7) is 1.77. The van der Waals surface area contributed by atoms with Gasteiger partial charge in [0.25, 0.3) is 0 Å². The van der Waals surface area contributed by atoms with E-state index in [-0.39, 0.29) is 24.0 Å². The molecule has 0 saturated carbocycles. The van der Waals surface area contributed by atoms with Crippen molar-refractivity contribution in [3.63, 3.8) is 0 Å². The van der Waals surface area contributed by atoms with Crippen LogP contribution in [0.1, 0.15) is 28.9 Å². The molecule has 0 unspecified atom stereocenters. The number of ether oxygens (including phenoxy) is 6. The number of benzene rings is 3. The number of hydrogen-bond acceptors (Lipinski definition) is 6. The maximum absolute atomic E-state index is 6.30. The molecule has 34 heavy (non-hydrogen) atoms. The Morgan fingerprint density at radius 1 is 0.647 bits per heavy atom. The Bertz CT molecular complexity index is 1120. The second-order valence-corrected chi connectivity index (χ2v) is 8.63. The molecule has 178 valence electrons. The number of rotatable bonds is 8. The van der Waals surface area contributed by atoms with Crippen LogP contribution in [0.2, 0.25) is 0 Å². The average Bonchev–Trinajstić information content (AvgIpc) is 3.50. The molecule has 0 bridgehead atoms. The van der Waals surface area contributed by atoms with Gasteiger partial charge in [-0.25, -0.2) is 0 Å². The Balaban J connectivity index is 1.31. The van der Waals surface area contributed by atoms with Crippen LogP contribution in [0.5, 0.6) is 23.0 Å². The molecule has 4 atom stereocenters. The van der Waals surface area contributed by atoms with E-state index in [2.05, 4.69) is 6.07 Å². The van der Waals surface area contributed by atoms with E-state index in [4.69, 9.17) is 28.4 Å². The first-order chi connectivity index (χ1) is 16.7. The van der Waals surface area contributed by atoms with Crippen molar-refractivity contribution in [2.24, 2.45) is 11.8 Å². The number of methoxy groups -OCH3 is 3. The van der Waals surface area contributed by atoms with Gasteiger partial charge in [0.15, 0.2) is 23.0 Å². The summed E-state index contributed by atoms with van der Waals surface area (Å²) in [7, 11) is 4.95. The minimum Gasteiger partial charge on any atom is -0.493 e. The normalized spacial score (nSPS) is 23.4. The lowest BCUT2D eigenvalue weighted by Gasteiger charge is -2.19. The van der Waals surface area contributed by atoms with Gasteiger partial charge >= 0.3 is 0 Å². The lowest BCUT2D eigenvalue weighted by molar-refractivity contribution is 0.0191. The van der Waals surface area contributed by atoms with E-state index in [9.17, 15) is 0 Å². The summed E-state index contributed by atoms with van der Waals surface area (Å²) >= 11 is 0. The molecule has 5 rings (SSSR count). The second kappa shape index (κ2) is 9.95. The molecule has 0 N–H and O–H groups in total. The Labute approximate surface area is 200 Å². The Hall–Kier alpha value is -3.22. The molecule has 2 heterocycles. The predicted octanol–water partition coefficient (Wildman–Crippen LogP) is 5.37. The van der Waals surface area contributed by atoms with Gasteiger partial charge in [-0.1, -0.05) is 42.5 Å². The van der Waals surface area contributed by atoms with Crippen LogP contribution >= 0.6 is 0 Å². The molecule has 0 spiro atoms. The molecule has 0 radical (unpaired) electrons. The molecule has 0 amide bonds. The highest BCUT2D eigenvalue weighted by Gasteiger charge is 2.48. The molecular formula is C28H30O6. The van der Waals surface area contributed by atoms with Gasteiger partial charge in [0.1, 0.15) is 6.61 Å². The van der Waals surface area contributed by atoms with Gasteiger partial charge in [-0.3, -0.25) is 0 Å². The van der Waals surface area contributed by atoms with Gasteiger partial charge in [0.05, 0.1) is 46.8 Å². The third-order valence-electron chi connectivity index (χ3n) is 6.75. The van der Waals surface area contributed by atoms with Crippen LogP contribution in [-0.2, 0) is 16.1 Å². The Kier molecular flexibility index (Phi) is 6.61. The fraction of sp³-hybridized carbons (Fsp3) is 0.357. The van der Waals surface area contributed by atoms with E-state index >= 15 is 0 Å². The molecule has 3 aromatic rings. The lowest BCUT2D eigenvalue weighted by atomic mass is 9.85. The van der Waals surface area contributed by atoms with Crippen molar-refractivity contribution in [1.82, 2.24) is 0 Å². The molecule has 6 nitrogen and oxygen atoms in total. The van der Waals surface area contributed by atoms with E-state index in [0.29, 0.717) is 37.1 Å². The third kappa shape index (κ3) is 4.31. The predicted molar refractivity (Wildman–Crippen MR) is 128 cm³/mol. The summed E-state index contributed by atoms with van der Waals surface area (Å²) in [4.78, 5) is 0. The summed E-state index contributed by atoms with van der Waals surface area (Å²) in [6, 6.07) is 22.1. The van der Waals surface area contributed by atoms with Gasteiger partial charge in [0, 0.05) is 11.8 Å². The first kappa shape index (κ1) is 22.6. The molecule has 2 aliphatic heterocycles. The summed E-state index contributed by atoms with van der Waals surface area (Å²) in [5.41, 5.74) is 3.27. The van der Waals surface area contributed by atoms with Crippen molar-refractivity contribution in [2.45, 2.75) is 18.8 Å². The second-order valence-electron chi connectivity index (χ2n) is 8.63. The minimum absolute atomic E-state index is 0.0369. The quantitative estimate of drug-likeness (QED) is 0.449. The summed E-state index contributed by atoms with van der Waals surface area (Å²) < 4.78 is 35.1. The molecule has 3 aromatic carbocycles. The largest absolute Gasteiger partial charge is 0.493 e. The molecule has 2 aliphatic rings. The highest BCUT2D eigenvalue weighted by atomic mass is 16.5. The topological polar surface area (TPSA) is 55.4 Å². The van der Waals surface area contributed by atoms with Crippen molar-refractivity contribution < 1.29 is 28.4 Å². The lowest BCUT2D eigenvalue weighted by Crippen LogP contribution is -2.14. The average molecular weight is 463 g/mol. The molecule has 0 aliphatic carbocycles. The van der Waals surface area contributed by atoms with E-state index < -0.39 is 0 Å². The van der Waals surface area contributed by atoms with Crippen LogP contribution in [0.3, 0.4) is 0 Å². The van der Waals surface area contributed by atoms with E-state index in [1.807, 2.05) is 60.7 Å². The van der Waals surface area contributed by atoms with Crippen molar-refractivity contribution in [1.29, 1.82) is 0 Å². The van der Waals surface area contributed by atoms with Gasteiger partial charge < -0.3 is 28.4 Å². The zero-order valence-electron chi connectivity index (χ0n) is 19.7. The van der Waals surface area contributed by atoms with E-state index in [0.717, 1.165) is 22.4 Å². The fourth-order valence-electron chi connectivity index (χ4n) is 4.98. The SMILES string of the molecule is COc1ccc([C@H]2OC[C@H]3[C@@H]2CO[C@@H]3c2ccc(OCc3ccccc3)c(OC)c2)cc1OC. The monoisotopic (exact) mass is 462 g/mol. The van der Waals surface area contributed by atoms with Crippen LogP contribution in [0.4, 0.5) is 0 Å². The molecule has 2 fully saturated rings. The van der Waals surface area contributed by atoms with Crippen LogP contribution < -0.4 is 18.9 Å². The first-order valence-corrected chi connectivity index (χ1v) is 11.5. The number of hydrogen-bond donors (Lipinski definition) is 0. The van der Waals surface area contributed by atoms with Gasteiger partial charge in [-0.2, -0.15) is 0 Å². The fourth-order valence-corrected chi connectivity index (χ4v) is 4.98. The zero-order chi connectivity index (χ0) is 23.5. The maximum Gasteiger partial charge on any atom is 0.161 e. The standard InChI is InChI=1S/C28H30O6/c1-29-23-11-9-19(13-25(23)30-2)27-21-16-34-28(22(21)17-33-27)20-10-12-24(26(14-20)31-3)32-15-18-7-5-4-6-8-18/h4-14,21-22,27-28H,15-17H2,1-3H3/t21-,22-,27+,28+/m0/s1. The van der Waals surface area contributed by atoms with Crippen molar-refractivity contribution in [2.75, 3.05) is 34.5 Å². The van der Waals surface area contributed by atoms with Gasteiger partial charge in [-0.15, -0.1) is 0 Å². The van der Waals surface area contributed by atoms with Crippen LogP contribution in [0.15, 0.2) is 66.7 Å². The van der Waals surface area contributed by atoms with Gasteiger partial charge in [0.2, 0.25) is 0 Å². The van der Waals surface area contributed by atoms with Crippen LogP contribution in [0.25, 0.3) is 0 Å². The zero-order valence-corrected chi connectivity index (χ0v) is 19.7. The first-order valence-electron chi connectivity index (χ1n) is 11.5. The van der Waals surface area contributed by atoms with Crippen molar-refractivity contribution >= 4 is 0 Å². The number of fused-ring (bicyclic) bond motifs is 1. The Morgan fingerprint density at radius 3 is 1.74 bits per heavy atom. The Morgan fingerprint density at radius 2 is 1.18 bits per heavy atom. The van der Waals surface area contributed by atoms with Crippen LogP contribution in [-0.4, -0.2) is 34.5 Å². The highest BCUT2D eigenvalue weighted by molar-refractivity contribution is 5.45. The highest BCUT2D eigenvalue weighted by Crippen LogP contribution is 2.51. The minimum atomic E-state index is -0.0489. The molecule has 0 aromatic heterocycles. The molecule has 2 saturated heterocycles. The molecular weight excluding hydrogens is 432 g/mol. The maximum atomic E-state index is 6.30. The third-order valence-corrected chi connectivity index (χ3v) is 6.75. The van der Waals surface area contributed by atoms with Crippen molar-refractivity contribution in [3.8, 4) is 23.0 Å². The summed E-state index contributed by atoms with van der Waals surface area (Å²) in [6.07, 6.45) is -0.0857. The van der Waals surface area contributed by atoms with E-state index in [1.165, 1.54) is 0 Å². The van der Waals surface area contributed by atoms with E-state index in [1.54, 1.807) is 21.3 Å². The smallest absolute Gasteiger partial charge is 0.161 e. The van der Waals surface area contributed by atoms with Crippen molar-refractivity contribution in [3.05, 3.63) is 83.4 Å². The molecule has 6 heteroatoms. The van der Waals surface area contributed by atoms with Crippen LogP contribution in [0, 0.1) is 11.8 Å². The van der Waals surface area contributed by atoms with Gasteiger partial charge in [-0.05, 0) is 41.0 Å². The summed E-state index contributed by atoms with van der Waals surface area (Å²) in [5, 5.41) is 0. The summed E-state index contributed by atoms with van der Waals surface area (Å²) in [5.74, 6) is 3.37.